The highest BCUT2D eigenvalue weighted by atomic mass is 16.6. The molecule has 1 fully saturated rings. The van der Waals surface area contributed by atoms with Gasteiger partial charge in [0.05, 0.1) is 25.9 Å². The third kappa shape index (κ3) is 5.54. The van der Waals surface area contributed by atoms with E-state index < -0.39 is 0 Å². The van der Waals surface area contributed by atoms with E-state index >= 15 is 0 Å². The second-order valence-electron chi connectivity index (χ2n) is 3.32. The van der Waals surface area contributed by atoms with Gasteiger partial charge in [-0.3, -0.25) is 0 Å². The van der Waals surface area contributed by atoms with Crippen molar-refractivity contribution in [3.8, 4) is 0 Å². The zero-order valence-corrected chi connectivity index (χ0v) is 8.96. The third-order valence-corrected chi connectivity index (χ3v) is 2.10. The van der Waals surface area contributed by atoms with E-state index in [4.69, 9.17) is 14.2 Å². The zero-order chi connectivity index (χ0) is 10.1. The maximum atomic E-state index is 5.49. The Morgan fingerprint density at radius 3 is 3.07 bits per heavy atom. The van der Waals surface area contributed by atoms with Gasteiger partial charge in [0, 0.05) is 19.8 Å². The van der Waals surface area contributed by atoms with E-state index in [1.165, 1.54) is 0 Å². The smallest absolute Gasteiger partial charge is 0.0933 e. The fourth-order valence-electron chi connectivity index (χ4n) is 1.36. The van der Waals surface area contributed by atoms with E-state index in [9.17, 15) is 0 Å². The second kappa shape index (κ2) is 8.17. The first-order valence-corrected chi connectivity index (χ1v) is 5.41. The molecule has 0 bridgehead atoms. The molecule has 4 heteroatoms. The van der Waals surface area contributed by atoms with Gasteiger partial charge in [0.1, 0.15) is 0 Å². The van der Waals surface area contributed by atoms with E-state index in [2.05, 4.69) is 5.32 Å². The van der Waals surface area contributed by atoms with Crippen LogP contribution in [0.4, 0.5) is 0 Å². The minimum absolute atomic E-state index is 0.232. The summed E-state index contributed by atoms with van der Waals surface area (Å²) in [4.78, 5) is 0. The van der Waals surface area contributed by atoms with Crippen LogP contribution >= 0.6 is 0 Å². The summed E-state index contributed by atoms with van der Waals surface area (Å²) in [5.41, 5.74) is 0. The molecule has 0 radical (unpaired) electrons. The Balaban J connectivity index is 1.82. The van der Waals surface area contributed by atoms with Crippen LogP contribution < -0.4 is 5.32 Å². The van der Waals surface area contributed by atoms with E-state index in [-0.39, 0.29) is 6.10 Å². The molecular weight excluding hydrogens is 182 g/mol. The van der Waals surface area contributed by atoms with Gasteiger partial charge >= 0.3 is 0 Å². The van der Waals surface area contributed by atoms with Crippen molar-refractivity contribution in [2.75, 3.05) is 46.1 Å². The highest BCUT2D eigenvalue weighted by molar-refractivity contribution is 4.63. The van der Waals surface area contributed by atoms with Gasteiger partial charge < -0.3 is 19.5 Å². The summed E-state index contributed by atoms with van der Waals surface area (Å²) in [5, 5.41) is 3.33. The average molecular weight is 203 g/mol. The van der Waals surface area contributed by atoms with Crippen LogP contribution in [0.15, 0.2) is 0 Å². The lowest BCUT2D eigenvalue weighted by molar-refractivity contribution is -0.0863. The summed E-state index contributed by atoms with van der Waals surface area (Å²) in [7, 11) is 0. The number of rotatable bonds is 7. The monoisotopic (exact) mass is 203 g/mol. The van der Waals surface area contributed by atoms with Gasteiger partial charge in [-0.25, -0.2) is 0 Å². The van der Waals surface area contributed by atoms with Crippen molar-refractivity contribution in [1.82, 2.24) is 5.32 Å². The van der Waals surface area contributed by atoms with Crippen LogP contribution in [-0.4, -0.2) is 52.2 Å². The predicted octanol–water partition coefficient (Wildman–Crippen LogP) is 0.418. The zero-order valence-electron chi connectivity index (χ0n) is 8.96. The summed E-state index contributed by atoms with van der Waals surface area (Å²) in [5.74, 6) is 0. The predicted molar refractivity (Wildman–Crippen MR) is 54.5 cm³/mol. The number of nitrogens with one attached hydrogen (secondary N) is 1. The molecule has 1 atom stereocenters. The summed E-state index contributed by atoms with van der Waals surface area (Å²) in [6.07, 6.45) is 1.29. The molecule has 0 aromatic rings. The third-order valence-electron chi connectivity index (χ3n) is 2.10. The Hall–Kier alpha value is -0.160. The van der Waals surface area contributed by atoms with Crippen LogP contribution in [-0.2, 0) is 14.2 Å². The first-order chi connectivity index (χ1) is 6.93. The van der Waals surface area contributed by atoms with Crippen LogP contribution in [0.3, 0.4) is 0 Å². The topological polar surface area (TPSA) is 39.7 Å². The SMILES string of the molecule is CCOCCCNCC1COCCO1. The van der Waals surface area contributed by atoms with Crippen molar-refractivity contribution >= 4 is 0 Å². The van der Waals surface area contributed by atoms with Crippen molar-refractivity contribution in [2.24, 2.45) is 0 Å². The summed E-state index contributed by atoms with van der Waals surface area (Å²) in [6, 6.07) is 0. The molecule has 1 unspecified atom stereocenters. The molecule has 4 nitrogen and oxygen atoms in total. The first-order valence-electron chi connectivity index (χ1n) is 5.41. The van der Waals surface area contributed by atoms with Crippen LogP contribution in [0.25, 0.3) is 0 Å². The number of ether oxygens (including phenoxy) is 3. The molecule has 1 heterocycles. The average Bonchev–Trinajstić information content (AvgIpc) is 2.25. The van der Waals surface area contributed by atoms with Crippen molar-refractivity contribution in [2.45, 2.75) is 19.4 Å². The standard InChI is InChI=1S/C10H21NO3/c1-2-12-5-3-4-11-8-10-9-13-6-7-14-10/h10-11H,2-9H2,1H3. The van der Waals surface area contributed by atoms with Gasteiger partial charge in [0.25, 0.3) is 0 Å². The van der Waals surface area contributed by atoms with Crippen molar-refractivity contribution in [3.05, 3.63) is 0 Å². The van der Waals surface area contributed by atoms with Crippen LogP contribution in [0.5, 0.6) is 0 Å². The molecule has 84 valence electrons. The molecule has 0 saturated carbocycles. The minimum Gasteiger partial charge on any atom is -0.382 e. The molecule has 0 amide bonds. The molecule has 1 N–H and O–H groups in total. The molecule has 1 rings (SSSR count). The van der Waals surface area contributed by atoms with Crippen molar-refractivity contribution in [3.63, 3.8) is 0 Å². The van der Waals surface area contributed by atoms with E-state index in [1.54, 1.807) is 0 Å². The fraction of sp³-hybridized carbons (Fsp3) is 1.00. The molecule has 0 aromatic carbocycles. The fourth-order valence-corrected chi connectivity index (χ4v) is 1.36. The lowest BCUT2D eigenvalue weighted by Gasteiger charge is -2.23. The maximum Gasteiger partial charge on any atom is 0.0933 e. The number of hydrogen-bond donors (Lipinski definition) is 1. The van der Waals surface area contributed by atoms with Crippen LogP contribution in [0.1, 0.15) is 13.3 Å². The van der Waals surface area contributed by atoms with Gasteiger partial charge in [-0.05, 0) is 19.9 Å². The molecule has 1 saturated heterocycles. The number of hydrogen-bond acceptors (Lipinski definition) is 4. The lowest BCUT2D eigenvalue weighted by atomic mass is 10.3. The van der Waals surface area contributed by atoms with Gasteiger partial charge in [-0.1, -0.05) is 0 Å². The van der Waals surface area contributed by atoms with E-state index in [0.717, 1.165) is 52.5 Å². The molecule has 14 heavy (non-hydrogen) atoms. The highest BCUT2D eigenvalue weighted by Crippen LogP contribution is 1.98. The van der Waals surface area contributed by atoms with Gasteiger partial charge in [0.15, 0.2) is 0 Å². The quantitative estimate of drug-likeness (QED) is 0.609. The Labute approximate surface area is 85.9 Å². The summed E-state index contributed by atoms with van der Waals surface area (Å²) < 4.78 is 16.0. The van der Waals surface area contributed by atoms with Crippen LogP contribution in [0, 0.1) is 0 Å². The lowest BCUT2D eigenvalue weighted by Crippen LogP contribution is -2.37. The van der Waals surface area contributed by atoms with E-state index in [0.29, 0.717) is 0 Å². The highest BCUT2D eigenvalue weighted by Gasteiger charge is 2.12. The largest absolute Gasteiger partial charge is 0.382 e. The molecule has 1 aliphatic rings. The van der Waals surface area contributed by atoms with E-state index in [1.807, 2.05) is 6.92 Å². The van der Waals surface area contributed by atoms with Crippen molar-refractivity contribution < 1.29 is 14.2 Å². The Morgan fingerprint density at radius 1 is 1.43 bits per heavy atom. The Bertz CT molecular complexity index is 127. The Morgan fingerprint density at radius 2 is 2.36 bits per heavy atom. The normalized spacial score (nSPS) is 22.5. The summed E-state index contributed by atoms with van der Waals surface area (Å²) in [6.45, 7) is 7.71. The maximum absolute atomic E-state index is 5.49. The molecule has 0 aromatic heterocycles. The summed E-state index contributed by atoms with van der Waals surface area (Å²) >= 11 is 0. The molecule has 1 aliphatic heterocycles. The molecular formula is C10H21NO3. The Kier molecular flexibility index (Phi) is 6.95. The van der Waals surface area contributed by atoms with Gasteiger partial charge in [-0.15, -0.1) is 0 Å². The molecule has 0 aliphatic carbocycles. The van der Waals surface area contributed by atoms with Gasteiger partial charge in [-0.2, -0.15) is 0 Å². The first kappa shape index (κ1) is 11.9. The van der Waals surface area contributed by atoms with Crippen LogP contribution in [0.2, 0.25) is 0 Å². The van der Waals surface area contributed by atoms with Crippen molar-refractivity contribution in [1.29, 1.82) is 0 Å². The molecule has 0 spiro atoms. The minimum atomic E-state index is 0.232. The second-order valence-corrected chi connectivity index (χ2v) is 3.32. The van der Waals surface area contributed by atoms with Gasteiger partial charge in [0.2, 0.25) is 0 Å².